The molecule has 4 rings (SSSR count). The van der Waals surface area contributed by atoms with Crippen molar-refractivity contribution in [3.63, 3.8) is 0 Å². The third kappa shape index (κ3) is 2.60. The zero-order valence-electron chi connectivity index (χ0n) is 13.4. The molecule has 2 aromatic rings. The highest BCUT2D eigenvalue weighted by atomic mass is 32.2. The molecule has 1 saturated heterocycles. The van der Waals surface area contributed by atoms with Gasteiger partial charge in [0.25, 0.3) is 0 Å². The first-order valence-electron chi connectivity index (χ1n) is 7.86. The van der Waals surface area contributed by atoms with Crippen LogP contribution in [0.15, 0.2) is 35.8 Å². The normalized spacial score (nSPS) is 28.5. The molecule has 130 valence electrons. The third-order valence-electron chi connectivity index (χ3n) is 4.86. The molecule has 2 unspecified atom stereocenters. The summed E-state index contributed by atoms with van der Waals surface area (Å²) in [5.41, 5.74) is 6.00. The van der Waals surface area contributed by atoms with Gasteiger partial charge < -0.3 is 10.5 Å². The van der Waals surface area contributed by atoms with Crippen LogP contribution in [0.2, 0.25) is 0 Å². The number of nitrogens with two attached hydrogens (primary N) is 1. The van der Waals surface area contributed by atoms with E-state index < -0.39 is 17.2 Å². The van der Waals surface area contributed by atoms with Gasteiger partial charge in [-0.1, -0.05) is 11.8 Å². The molecule has 2 N–H and O–H groups in total. The molecular formula is C17H16F2N4OS. The quantitative estimate of drug-likeness (QED) is 0.889. The molecule has 1 fully saturated rings. The lowest BCUT2D eigenvalue weighted by Crippen LogP contribution is -2.41. The maximum absolute atomic E-state index is 14.8. The topological polar surface area (TPSA) is 73.4 Å². The van der Waals surface area contributed by atoms with Crippen LogP contribution < -0.4 is 5.73 Å². The zero-order chi connectivity index (χ0) is 17.6. The van der Waals surface area contributed by atoms with Gasteiger partial charge in [0.05, 0.1) is 12.7 Å². The van der Waals surface area contributed by atoms with Crippen LogP contribution in [0.1, 0.15) is 12.5 Å². The summed E-state index contributed by atoms with van der Waals surface area (Å²) >= 11 is 1.43. The molecule has 5 nitrogen and oxygen atoms in total. The lowest BCUT2D eigenvalue weighted by atomic mass is 9.78. The van der Waals surface area contributed by atoms with Crippen LogP contribution >= 0.6 is 11.8 Å². The largest absolute Gasteiger partial charge is 0.379 e. The first kappa shape index (κ1) is 16.4. The molecule has 1 aromatic heterocycles. The maximum Gasteiger partial charge on any atom is 0.154 e. The fraction of sp³-hybridized carbons (Fsp3) is 0.353. The van der Waals surface area contributed by atoms with Crippen LogP contribution in [0.25, 0.3) is 11.1 Å². The van der Waals surface area contributed by atoms with Crippen LogP contribution in [0, 0.1) is 17.6 Å². The highest BCUT2D eigenvalue weighted by molar-refractivity contribution is 8.13. The van der Waals surface area contributed by atoms with E-state index in [1.807, 2.05) is 6.92 Å². The van der Waals surface area contributed by atoms with E-state index in [-0.39, 0.29) is 24.2 Å². The Morgan fingerprint density at radius 2 is 2.00 bits per heavy atom. The molecule has 2 aliphatic rings. The number of nitrogens with zero attached hydrogens (tertiary/aromatic N) is 3. The number of amidine groups is 1. The van der Waals surface area contributed by atoms with E-state index in [2.05, 4.69) is 15.0 Å². The second kappa shape index (κ2) is 6.03. The van der Waals surface area contributed by atoms with E-state index in [4.69, 9.17) is 10.5 Å². The summed E-state index contributed by atoms with van der Waals surface area (Å²) in [5.74, 6) is -0.677. The molecule has 3 heterocycles. The first-order valence-corrected chi connectivity index (χ1v) is 8.84. The number of halogens is 2. The van der Waals surface area contributed by atoms with Gasteiger partial charge in [-0.15, -0.1) is 0 Å². The Morgan fingerprint density at radius 3 is 2.76 bits per heavy atom. The Balaban J connectivity index is 1.92. The van der Waals surface area contributed by atoms with Gasteiger partial charge in [-0.05, 0) is 13.0 Å². The molecule has 25 heavy (non-hydrogen) atoms. The number of hydrogen-bond acceptors (Lipinski definition) is 6. The minimum Gasteiger partial charge on any atom is -0.379 e. The van der Waals surface area contributed by atoms with Gasteiger partial charge in [0.2, 0.25) is 0 Å². The summed E-state index contributed by atoms with van der Waals surface area (Å²) < 4.78 is 34.9. The van der Waals surface area contributed by atoms with Gasteiger partial charge in [0, 0.05) is 46.8 Å². The number of fused-ring (bicyclic) bond motifs is 1. The van der Waals surface area contributed by atoms with Gasteiger partial charge >= 0.3 is 0 Å². The van der Waals surface area contributed by atoms with Gasteiger partial charge in [0.15, 0.2) is 5.17 Å². The molecule has 0 amide bonds. The minimum atomic E-state index is -0.934. The fourth-order valence-corrected chi connectivity index (χ4v) is 4.66. The highest BCUT2D eigenvalue weighted by Crippen LogP contribution is 2.48. The Hall–Kier alpha value is -2.06. The van der Waals surface area contributed by atoms with Crippen LogP contribution in [-0.4, -0.2) is 33.6 Å². The van der Waals surface area contributed by atoms with Crippen molar-refractivity contribution < 1.29 is 13.5 Å². The third-order valence-corrected chi connectivity index (χ3v) is 5.77. The highest BCUT2D eigenvalue weighted by Gasteiger charge is 2.52. The summed E-state index contributed by atoms with van der Waals surface area (Å²) in [5, 5.41) is 0.391. The lowest BCUT2D eigenvalue weighted by molar-refractivity contribution is 0.107. The number of aliphatic imine (C=N–C) groups is 1. The van der Waals surface area contributed by atoms with Crippen LogP contribution in [0.5, 0.6) is 0 Å². The molecule has 8 heteroatoms. The van der Waals surface area contributed by atoms with Gasteiger partial charge in [0.1, 0.15) is 23.5 Å². The Bertz CT molecular complexity index is 848. The summed E-state index contributed by atoms with van der Waals surface area (Å²) in [6.07, 6.45) is 4.25. The predicted octanol–water partition coefficient (Wildman–Crippen LogP) is 2.71. The van der Waals surface area contributed by atoms with Crippen LogP contribution in [0.3, 0.4) is 0 Å². The van der Waals surface area contributed by atoms with E-state index >= 15 is 0 Å². The van der Waals surface area contributed by atoms with Crippen LogP contribution in [0.4, 0.5) is 8.78 Å². The fourth-order valence-electron chi connectivity index (χ4n) is 3.54. The summed E-state index contributed by atoms with van der Waals surface area (Å²) in [6.45, 7) is 2.16. The number of benzene rings is 1. The zero-order valence-corrected chi connectivity index (χ0v) is 14.3. The smallest absolute Gasteiger partial charge is 0.154 e. The molecule has 0 spiro atoms. The van der Waals surface area contributed by atoms with Crippen molar-refractivity contribution in [1.82, 2.24) is 9.97 Å². The van der Waals surface area contributed by atoms with E-state index in [9.17, 15) is 8.78 Å². The second-order valence-electron chi connectivity index (χ2n) is 6.25. The van der Waals surface area contributed by atoms with Gasteiger partial charge in [-0.2, -0.15) is 0 Å². The Labute approximate surface area is 147 Å². The number of thioether (sulfide) groups is 1. The van der Waals surface area contributed by atoms with Gasteiger partial charge in [-0.25, -0.2) is 23.7 Å². The van der Waals surface area contributed by atoms with E-state index in [1.165, 1.54) is 36.5 Å². The first-order chi connectivity index (χ1) is 12.0. The molecule has 0 saturated carbocycles. The van der Waals surface area contributed by atoms with Crippen molar-refractivity contribution in [3.8, 4) is 11.1 Å². The van der Waals surface area contributed by atoms with E-state index in [1.54, 1.807) is 0 Å². The van der Waals surface area contributed by atoms with E-state index in [0.29, 0.717) is 22.0 Å². The number of rotatable bonds is 2. The molecule has 3 atom stereocenters. The van der Waals surface area contributed by atoms with Gasteiger partial charge in [-0.3, -0.25) is 0 Å². The molecule has 2 aliphatic heterocycles. The number of ether oxygens (including phenoxy) is 1. The number of hydrogen-bond donors (Lipinski definition) is 1. The van der Waals surface area contributed by atoms with Crippen molar-refractivity contribution in [2.75, 3.05) is 12.4 Å². The van der Waals surface area contributed by atoms with Crippen LogP contribution in [-0.2, 0) is 10.3 Å². The Morgan fingerprint density at radius 1 is 1.24 bits per heavy atom. The molecule has 1 aromatic carbocycles. The monoisotopic (exact) mass is 362 g/mol. The standard InChI is InChI=1S/C17H16F2N4OS/c1-9-13-6-25-16(20)23-17(13,7-24-9)12-2-11(14(18)3-15(12)19)10-4-21-8-22-5-10/h2-5,8-9,13H,6-7H2,1H3,(H2,20,23)/t9-,13?,17?/m1/s1. The molecule has 0 bridgehead atoms. The molecule has 0 aliphatic carbocycles. The summed E-state index contributed by atoms with van der Waals surface area (Å²) in [7, 11) is 0. The lowest BCUT2D eigenvalue weighted by Gasteiger charge is -2.35. The Kier molecular flexibility index (Phi) is 3.96. The maximum atomic E-state index is 14.8. The SMILES string of the molecule is C[C@H]1OCC2(c3cc(-c4cncnc4)c(F)cc3F)N=C(N)SCC12. The van der Waals surface area contributed by atoms with Crippen molar-refractivity contribution in [2.45, 2.75) is 18.6 Å². The van der Waals surface area contributed by atoms with E-state index in [0.717, 1.165) is 6.07 Å². The van der Waals surface area contributed by atoms with Crippen molar-refractivity contribution in [3.05, 3.63) is 48.1 Å². The molecular weight excluding hydrogens is 346 g/mol. The second-order valence-corrected chi connectivity index (χ2v) is 7.29. The minimum absolute atomic E-state index is 0.0374. The van der Waals surface area contributed by atoms with Crippen molar-refractivity contribution in [2.24, 2.45) is 16.6 Å². The summed E-state index contributed by atoms with van der Waals surface area (Å²) in [4.78, 5) is 12.4. The molecule has 0 radical (unpaired) electrons. The average molecular weight is 362 g/mol. The predicted molar refractivity (Wildman–Crippen MR) is 92.0 cm³/mol. The van der Waals surface area contributed by atoms with Crippen molar-refractivity contribution in [1.29, 1.82) is 0 Å². The summed E-state index contributed by atoms with van der Waals surface area (Å²) in [6, 6.07) is 2.38. The van der Waals surface area contributed by atoms with Crippen molar-refractivity contribution >= 4 is 16.9 Å². The average Bonchev–Trinajstić information content (AvgIpc) is 2.92. The number of aromatic nitrogens is 2.